The summed E-state index contributed by atoms with van der Waals surface area (Å²) < 4.78 is 1.50. The zero-order valence-electron chi connectivity index (χ0n) is 7.74. The second kappa shape index (κ2) is 4.46. The van der Waals surface area contributed by atoms with Crippen LogP contribution in [0.4, 0.5) is 0 Å². The highest BCUT2D eigenvalue weighted by Crippen LogP contribution is 2.20. The number of carbonyl (C=O) groups is 1. The molecule has 0 spiro atoms. The van der Waals surface area contributed by atoms with Crippen LogP contribution in [0.2, 0.25) is 5.02 Å². The zero-order valence-corrected chi connectivity index (χ0v) is 9.32. The number of rotatable bonds is 2. The predicted octanol–water partition coefficient (Wildman–Crippen LogP) is 2.11. The summed E-state index contributed by atoms with van der Waals surface area (Å²) >= 11 is 10.2. The van der Waals surface area contributed by atoms with Crippen LogP contribution in [-0.4, -0.2) is 20.8 Å². The Hall–Kier alpha value is -1.03. The summed E-state index contributed by atoms with van der Waals surface area (Å²) in [4.78, 5) is 14.8. The van der Waals surface area contributed by atoms with Gasteiger partial charge in [-0.15, -0.1) is 0 Å². The van der Waals surface area contributed by atoms with Crippen LogP contribution in [0.3, 0.4) is 0 Å². The van der Waals surface area contributed by atoms with E-state index in [1.807, 2.05) is 12.1 Å². The van der Waals surface area contributed by atoms with Gasteiger partial charge in [0.1, 0.15) is 5.69 Å². The van der Waals surface area contributed by atoms with E-state index in [2.05, 4.69) is 22.3 Å². The van der Waals surface area contributed by atoms with E-state index in [0.29, 0.717) is 17.3 Å². The lowest BCUT2D eigenvalue weighted by Crippen LogP contribution is -2.07. The van der Waals surface area contributed by atoms with Crippen LogP contribution in [0.15, 0.2) is 4.99 Å². The van der Waals surface area contributed by atoms with Crippen molar-refractivity contribution in [2.24, 2.45) is 4.99 Å². The molecule has 4 nitrogen and oxygen atoms in total. The first-order chi connectivity index (χ1) is 6.61. The van der Waals surface area contributed by atoms with Crippen LogP contribution in [-0.2, 0) is 6.54 Å². The molecule has 0 fully saturated rings. The number of hydrogen-bond acceptors (Lipinski definition) is 3. The molecule has 0 unspecified atom stereocenters. The summed E-state index contributed by atoms with van der Waals surface area (Å²) in [5.41, 5.74) is 0.875. The fourth-order valence-corrected chi connectivity index (χ4v) is 1.39. The van der Waals surface area contributed by atoms with E-state index in [1.165, 1.54) is 4.68 Å². The van der Waals surface area contributed by atoms with Gasteiger partial charge in [0.25, 0.3) is 0 Å². The number of thiocarbonyl (C=S) groups is 1. The van der Waals surface area contributed by atoms with Gasteiger partial charge in [-0.1, -0.05) is 11.6 Å². The summed E-state index contributed by atoms with van der Waals surface area (Å²) in [5, 5.41) is 6.41. The van der Waals surface area contributed by atoms with Crippen LogP contribution < -0.4 is 0 Å². The van der Waals surface area contributed by atoms with Gasteiger partial charge in [-0.05, 0) is 26.1 Å². The van der Waals surface area contributed by atoms with Crippen LogP contribution >= 0.6 is 23.8 Å². The highest BCUT2D eigenvalue weighted by atomic mass is 35.5. The monoisotopic (exact) mass is 229 g/mol. The molecule has 1 heterocycles. The molecule has 0 N–H and O–H groups in total. The molecule has 14 heavy (non-hydrogen) atoms. The Morgan fingerprint density at radius 2 is 2.43 bits per heavy atom. The number of amides is 1. The van der Waals surface area contributed by atoms with E-state index in [9.17, 15) is 4.79 Å². The number of halogens is 1. The van der Waals surface area contributed by atoms with Gasteiger partial charge >= 0.3 is 5.91 Å². The van der Waals surface area contributed by atoms with Crippen molar-refractivity contribution in [2.75, 3.05) is 0 Å². The first kappa shape index (κ1) is 11.0. The first-order valence-corrected chi connectivity index (χ1v) is 4.75. The van der Waals surface area contributed by atoms with Crippen molar-refractivity contribution < 1.29 is 4.79 Å². The zero-order chi connectivity index (χ0) is 10.7. The van der Waals surface area contributed by atoms with Gasteiger partial charge in [0, 0.05) is 6.54 Å². The maximum atomic E-state index is 11.4. The Labute approximate surface area is 91.6 Å². The van der Waals surface area contributed by atoms with Crippen molar-refractivity contribution >= 4 is 34.9 Å². The third-order valence-electron chi connectivity index (χ3n) is 1.70. The number of nitrogens with zero attached hydrogens (tertiary/aromatic N) is 3. The molecule has 1 aromatic heterocycles. The molecule has 1 aromatic rings. The number of aryl methyl sites for hydroxylation is 2. The number of carbonyl (C=O) groups excluding carboxylic acids is 1. The second-order valence-corrected chi connectivity index (χ2v) is 3.13. The number of aliphatic imine (C=N–C) groups is 1. The Bertz CT molecular complexity index is 420. The summed E-state index contributed by atoms with van der Waals surface area (Å²) in [7, 11) is 0. The lowest BCUT2D eigenvalue weighted by atomic mass is 10.3. The number of isothiocyanates is 1. The molecule has 0 aliphatic rings. The molecule has 0 bridgehead atoms. The summed E-state index contributed by atoms with van der Waals surface area (Å²) in [6.45, 7) is 4.15. The fraction of sp³-hybridized carbons (Fsp3) is 0.375. The Kier molecular flexibility index (Phi) is 3.52. The van der Waals surface area contributed by atoms with Crippen molar-refractivity contribution in [2.45, 2.75) is 20.4 Å². The molecular formula is C8H8ClN3OS. The fourth-order valence-electron chi connectivity index (χ4n) is 1.09. The van der Waals surface area contributed by atoms with E-state index >= 15 is 0 Å². The Morgan fingerprint density at radius 1 is 1.79 bits per heavy atom. The molecule has 0 atom stereocenters. The second-order valence-electron chi connectivity index (χ2n) is 2.57. The molecule has 0 aliphatic heterocycles. The van der Waals surface area contributed by atoms with E-state index < -0.39 is 5.91 Å². The molecule has 0 radical (unpaired) electrons. The molecule has 6 heteroatoms. The number of aromatic nitrogens is 2. The molecule has 0 aromatic carbocycles. The van der Waals surface area contributed by atoms with Crippen molar-refractivity contribution in [3.63, 3.8) is 0 Å². The lowest BCUT2D eigenvalue weighted by molar-refractivity contribution is 0.0994. The van der Waals surface area contributed by atoms with Crippen molar-refractivity contribution in [3.05, 3.63) is 16.4 Å². The average Bonchev–Trinajstić information content (AvgIpc) is 2.43. The smallest absolute Gasteiger partial charge is 0.264 e. The standard InChI is InChI=1S/C8H8ClN3OS/c1-3-12-7(8(13)10-4-14)6(9)5(2)11-12/h3H2,1-2H3. The van der Waals surface area contributed by atoms with Crippen LogP contribution in [0.25, 0.3) is 0 Å². The van der Waals surface area contributed by atoms with E-state index in [1.54, 1.807) is 6.92 Å². The highest BCUT2D eigenvalue weighted by Gasteiger charge is 2.18. The Morgan fingerprint density at radius 3 is 2.93 bits per heavy atom. The summed E-state index contributed by atoms with van der Waals surface area (Å²) in [6.07, 6.45) is 0. The quantitative estimate of drug-likeness (QED) is 0.577. The van der Waals surface area contributed by atoms with Gasteiger partial charge in [-0.2, -0.15) is 10.1 Å². The molecule has 0 aliphatic carbocycles. The topological polar surface area (TPSA) is 47.2 Å². The predicted molar refractivity (Wildman–Crippen MR) is 57.0 cm³/mol. The maximum Gasteiger partial charge on any atom is 0.305 e. The molecule has 0 saturated carbocycles. The maximum absolute atomic E-state index is 11.4. The minimum Gasteiger partial charge on any atom is -0.264 e. The van der Waals surface area contributed by atoms with Gasteiger partial charge in [0.2, 0.25) is 0 Å². The summed E-state index contributed by atoms with van der Waals surface area (Å²) in [6, 6.07) is 0. The minimum absolute atomic E-state index is 0.268. The SMILES string of the molecule is CCn1nc(C)c(Cl)c1C(=O)N=C=S. The Balaban J connectivity index is 3.30. The molecular weight excluding hydrogens is 222 g/mol. The van der Waals surface area contributed by atoms with E-state index in [4.69, 9.17) is 11.6 Å². The van der Waals surface area contributed by atoms with Crippen LogP contribution in [0.1, 0.15) is 23.1 Å². The van der Waals surface area contributed by atoms with Crippen molar-refractivity contribution in [3.8, 4) is 0 Å². The number of hydrogen-bond donors (Lipinski definition) is 0. The van der Waals surface area contributed by atoms with Crippen molar-refractivity contribution in [1.29, 1.82) is 0 Å². The third-order valence-corrected chi connectivity index (χ3v) is 2.25. The van der Waals surface area contributed by atoms with Crippen LogP contribution in [0.5, 0.6) is 0 Å². The molecule has 74 valence electrons. The van der Waals surface area contributed by atoms with Gasteiger partial charge in [-0.25, -0.2) is 0 Å². The molecule has 1 amide bonds. The molecule has 1 rings (SSSR count). The van der Waals surface area contributed by atoms with E-state index in [-0.39, 0.29) is 5.69 Å². The van der Waals surface area contributed by atoms with E-state index in [0.717, 1.165) is 0 Å². The average molecular weight is 230 g/mol. The normalized spacial score (nSPS) is 9.64. The highest BCUT2D eigenvalue weighted by molar-refractivity contribution is 7.78. The lowest BCUT2D eigenvalue weighted by Gasteiger charge is -1.98. The largest absolute Gasteiger partial charge is 0.305 e. The van der Waals surface area contributed by atoms with Crippen molar-refractivity contribution in [1.82, 2.24) is 9.78 Å². The van der Waals surface area contributed by atoms with Crippen LogP contribution in [0, 0.1) is 6.92 Å². The van der Waals surface area contributed by atoms with Gasteiger partial charge in [0.15, 0.2) is 0 Å². The third kappa shape index (κ3) is 1.90. The van der Waals surface area contributed by atoms with Gasteiger partial charge in [0.05, 0.1) is 15.9 Å². The summed E-state index contributed by atoms with van der Waals surface area (Å²) in [5.74, 6) is -0.507. The minimum atomic E-state index is -0.507. The van der Waals surface area contributed by atoms with Gasteiger partial charge < -0.3 is 0 Å². The van der Waals surface area contributed by atoms with Gasteiger partial charge in [-0.3, -0.25) is 9.48 Å². The molecule has 0 saturated heterocycles. The first-order valence-electron chi connectivity index (χ1n) is 3.96.